The van der Waals surface area contributed by atoms with Crippen molar-refractivity contribution in [1.82, 2.24) is 10.6 Å². The Morgan fingerprint density at radius 2 is 1.62 bits per heavy atom. The number of hydrogen-bond acceptors (Lipinski definition) is 4. The number of hydrogen-bond donors (Lipinski definition) is 2. The highest BCUT2D eigenvalue weighted by Crippen LogP contribution is 2.38. The van der Waals surface area contributed by atoms with Gasteiger partial charge in [-0.05, 0) is 50.3 Å². The van der Waals surface area contributed by atoms with Crippen LogP contribution in [0.25, 0.3) is 0 Å². The summed E-state index contributed by atoms with van der Waals surface area (Å²) in [4.78, 5) is 4.70. The van der Waals surface area contributed by atoms with E-state index in [-0.39, 0.29) is 0 Å². The Hall–Kier alpha value is -2.11. The van der Waals surface area contributed by atoms with Crippen molar-refractivity contribution in [2.24, 2.45) is 10.9 Å². The molecule has 0 aromatic heterocycles. The zero-order valence-corrected chi connectivity index (χ0v) is 17.3. The van der Waals surface area contributed by atoms with Crippen LogP contribution in [-0.2, 0) is 6.54 Å². The third-order valence-electron chi connectivity index (χ3n) is 4.05. The Bertz CT molecular complexity index is 548. The van der Waals surface area contributed by atoms with E-state index in [4.69, 9.17) is 19.2 Å². The third kappa shape index (κ3) is 7.02. The normalized spacial score (nSPS) is 12.7. The number of nitrogens with one attached hydrogen (secondary N) is 2. The Morgan fingerprint density at radius 1 is 1.00 bits per heavy atom. The van der Waals surface area contributed by atoms with E-state index in [1.165, 1.54) is 6.42 Å². The predicted molar refractivity (Wildman–Crippen MR) is 108 cm³/mol. The van der Waals surface area contributed by atoms with E-state index < -0.39 is 0 Å². The van der Waals surface area contributed by atoms with Gasteiger partial charge in [-0.15, -0.1) is 0 Å². The molecule has 0 bridgehead atoms. The summed E-state index contributed by atoms with van der Waals surface area (Å²) < 4.78 is 16.2. The van der Waals surface area contributed by atoms with Gasteiger partial charge in [0.25, 0.3) is 0 Å². The second kappa shape index (κ2) is 11.5. The minimum Gasteiger partial charge on any atom is -0.493 e. The van der Waals surface area contributed by atoms with E-state index >= 15 is 0 Å². The number of methoxy groups -OCH3 is 3. The average molecular weight is 366 g/mol. The van der Waals surface area contributed by atoms with Crippen molar-refractivity contribution in [1.29, 1.82) is 0 Å². The topological polar surface area (TPSA) is 64.1 Å². The first-order chi connectivity index (χ1) is 12.4. The molecule has 1 aromatic rings. The maximum absolute atomic E-state index is 5.41. The second-order valence-corrected chi connectivity index (χ2v) is 6.75. The van der Waals surface area contributed by atoms with E-state index in [2.05, 4.69) is 38.3 Å². The number of guanidine groups is 1. The minimum absolute atomic E-state index is 0.370. The van der Waals surface area contributed by atoms with Crippen LogP contribution >= 0.6 is 0 Å². The van der Waals surface area contributed by atoms with E-state index in [0.717, 1.165) is 24.5 Å². The molecule has 0 fully saturated rings. The van der Waals surface area contributed by atoms with Crippen LogP contribution in [0.15, 0.2) is 17.1 Å². The maximum Gasteiger partial charge on any atom is 0.203 e. The van der Waals surface area contributed by atoms with Gasteiger partial charge in [0.1, 0.15) is 0 Å². The summed E-state index contributed by atoms with van der Waals surface area (Å²) in [5.74, 6) is 3.39. The molecule has 0 amide bonds. The van der Waals surface area contributed by atoms with E-state index in [9.17, 15) is 0 Å². The van der Waals surface area contributed by atoms with Crippen LogP contribution in [0.3, 0.4) is 0 Å². The third-order valence-corrected chi connectivity index (χ3v) is 4.05. The van der Waals surface area contributed by atoms with Gasteiger partial charge in [-0.3, -0.25) is 0 Å². The zero-order valence-electron chi connectivity index (χ0n) is 17.3. The summed E-state index contributed by atoms with van der Waals surface area (Å²) in [5, 5.41) is 6.78. The maximum atomic E-state index is 5.41. The van der Waals surface area contributed by atoms with Crippen molar-refractivity contribution in [3.05, 3.63) is 17.7 Å². The van der Waals surface area contributed by atoms with Gasteiger partial charge in [0, 0.05) is 12.6 Å². The molecule has 0 saturated heterocycles. The lowest BCUT2D eigenvalue weighted by Crippen LogP contribution is -2.42. The van der Waals surface area contributed by atoms with Gasteiger partial charge < -0.3 is 24.8 Å². The van der Waals surface area contributed by atoms with Crippen molar-refractivity contribution in [3.8, 4) is 17.2 Å². The molecule has 2 N–H and O–H groups in total. The SMILES string of the molecule is CCNC(=NCc1cc(OC)c(OC)c(OC)c1)NC(C)CCC(C)C. The highest BCUT2D eigenvalue weighted by molar-refractivity contribution is 5.80. The van der Waals surface area contributed by atoms with Crippen LogP contribution in [0.5, 0.6) is 17.2 Å². The van der Waals surface area contributed by atoms with Crippen molar-refractivity contribution in [2.75, 3.05) is 27.9 Å². The average Bonchev–Trinajstić information content (AvgIpc) is 2.63. The molecule has 0 aliphatic carbocycles. The molecule has 6 heteroatoms. The monoisotopic (exact) mass is 365 g/mol. The molecule has 0 aliphatic rings. The van der Waals surface area contributed by atoms with Crippen LogP contribution in [-0.4, -0.2) is 39.9 Å². The molecular formula is C20H35N3O3. The quantitative estimate of drug-likeness (QED) is 0.490. The van der Waals surface area contributed by atoms with Gasteiger partial charge in [0.05, 0.1) is 27.9 Å². The van der Waals surface area contributed by atoms with Gasteiger partial charge in [0.15, 0.2) is 17.5 Å². The van der Waals surface area contributed by atoms with Gasteiger partial charge in [-0.1, -0.05) is 13.8 Å². The Balaban J connectivity index is 2.88. The fraction of sp³-hybridized carbons (Fsp3) is 0.650. The lowest BCUT2D eigenvalue weighted by Gasteiger charge is -2.19. The number of benzene rings is 1. The number of ether oxygens (including phenoxy) is 3. The summed E-state index contributed by atoms with van der Waals surface area (Å²) in [5.41, 5.74) is 0.992. The fourth-order valence-electron chi connectivity index (χ4n) is 2.61. The molecule has 26 heavy (non-hydrogen) atoms. The van der Waals surface area contributed by atoms with E-state index in [0.29, 0.717) is 35.8 Å². The first-order valence-electron chi connectivity index (χ1n) is 9.28. The molecule has 6 nitrogen and oxygen atoms in total. The molecule has 0 saturated carbocycles. The molecular weight excluding hydrogens is 330 g/mol. The van der Waals surface area contributed by atoms with Crippen molar-refractivity contribution >= 4 is 5.96 Å². The molecule has 0 spiro atoms. The van der Waals surface area contributed by atoms with Crippen molar-refractivity contribution < 1.29 is 14.2 Å². The highest BCUT2D eigenvalue weighted by Gasteiger charge is 2.13. The molecule has 0 aliphatic heterocycles. The Kier molecular flexibility index (Phi) is 9.70. The van der Waals surface area contributed by atoms with Gasteiger partial charge >= 0.3 is 0 Å². The minimum atomic E-state index is 0.370. The number of nitrogens with zero attached hydrogens (tertiary/aromatic N) is 1. The van der Waals surface area contributed by atoms with E-state index in [1.54, 1.807) is 21.3 Å². The second-order valence-electron chi connectivity index (χ2n) is 6.75. The molecule has 1 unspecified atom stereocenters. The smallest absolute Gasteiger partial charge is 0.203 e. The van der Waals surface area contributed by atoms with Gasteiger partial charge in [0.2, 0.25) is 5.75 Å². The fourth-order valence-corrected chi connectivity index (χ4v) is 2.61. The van der Waals surface area contributed by atoms with Crippen LogP contribution in [0, 0.1) is 5.92 Å². The Labute approximate surface area is 158 Å². The predicted octanol–water partition coefficient (Wildman–Crippen LogP) is 3.59. The summed E-state index contributed by atoms with van der Waals surface area (Å²) in [6.07, 6.45) is 2.31. The number of aliphatic imine (C=N–C) groups is 1. The Morgan fingerprint density at radius 3 is 2.08 bits per heavy atom. The largest absolute Gasteiger partial charge is 0.493 e. The van der Waals surface area contributed by atoms with Crippen LogP contribution in [0.4, 0.5) is 0 Å². The number of rotatable bonds is 10. The van der Waals surface area contributed by atoms with E-state index in [1.807, 2.05) is 12.1 Å². The highest BCUT2D eigenvalue weighted by atomic mass is 16.5. The molecule has 1 aromatic carbocycles. The molecule has 1 atom stereocenters. The standard InChI is InChI=1S/C20H35N3O3/c1-8-21-20(23-15(4)10-9-14(2)3)22-13-16-11-17(24-5)19(26-7)18(12-16)25-6/h11-12,14-15H,8-10,13H2,1-7H3,(H2,21,22,23). The summed E-state index contributed by atoms with van der Waals surface area (Å²) >= 11 is 0. The van der Waals surface area contributed by atoms with Crippen LogP contribution in [0.1, 0.15) is 46.1 Å². The van der Waals surface area contributed by atoms with Gasteiger partial charge in [-0.2, -0.15) is 0 Å². The molecule has 0 radical (unpaired) electrons. The van der Waals surface area contributed by atoms with Crippen LogP contribution in [0.2, 0.25) is 0 Å². The first-order valence-corrected chi connectivity index (χ1v) is 9.28. The lowest BCUT2D eigenvalue weighted by molar-refractivity contribution is 0.324. The lowest BCUT2D eigenvalue weighted by atomic mass is 10.0. The summed E-state index contributed by atoms with van der Waals surface area (Å²) in [6, 6.07) is 4.22. The van der Waals surface area contributed by atoms with Crippen molar-refractivity contribution in [2.45, 2.75) is 53.1 Å². The van der Waals surface area contributed by atoms with Gasteiger partial charge in [-0.25, -0.2) is 4.99 Å². The van der Waals surface area contributed by atoms with Crippen molar-refractivity contribution in [3.63, 3.8) is 0 Å². The zero-order chi connectivity index (χ0) is 19.5. The summed E-state index contributed by atoms with van der Waals surface area (Å²) in [7, 11) is 4.84. The first kappa shape index (κ1) is 21.9. The molecule has 148 valence electrons. The molecule has 1 rings (SSSR count). The van der Waals surface area contributed by atoms with Crippen LogP contribution < -0.4 is 24.8 Å². The summed E-state index contributed by atoms with van der Waals surface area (Å²) in [6.45, 7) is 10.1. The molecule has 0 heterocycles.